The Hall–Kier alpha value is -3.60. The maximum atomic E-state index is 14.1. The number of hydrogen-bond acceptors (Lipinski definition) is 4. The van der Waals surface area contributed by atoms with Gasteiger partial charge in [-0.15, -0.1) is 0 Å². The second kappa shape index (κ2) is 6.98. The standard InChI is InChI=1S/C26H23NO4/c1-3-25(20-14-8-10-16-22(20)30-2)24(29)31-26(25)19-13-7-9-15-21(19)27(23(26)28)17-18-11-5-4-6-12-18/h4-16H,3,17H2,1-2H3/t25-,26-/m1/s1. The molecule has 2 heterocycles. The number of hydrogen-bond donors (Lipinski definition) is 0. The van der Waals surface area contributed by atoms with Crippen molar-refractivity contribution in [3.05, 3.63) is 95.6 Å². The normalized spacial score (nSPS) is 24.0. The zero-order valence-electron chi connectivity index (χ0n) is 17.5. The van der Waals surface area contributed by atoms with Crippen molar-refractivity contribution in [1.82, 2.24) is 0 Å². The Labute approximate surface area is 181 Å². The van der Waals surface area contributed by atoms with Crippen LogP contribution in [0.1, 0.15) is 30.0 Å². The first-order valence-corrected chi connectivity index (χ1v) is 10.4. The van der Waals surface area contributed by atoms with Crippen molar-refractivity contribution in [2.75, 3.05) is 12.0 Å². The summed E-state index contributed by atoms with van der Waals surface area (Å²) >= 11 is 0. The highest BCUT2D eigenvalue weighted by atomic mass is 16.6. The van der Waals surface area contributed by atoms with E-state index in [1.807, 2.05) is 85.8 Å². The number of rotatable bonds is 5. The van der Waals surface area contributed by atoms with Gasteiger partial charge in [-0.25, -0.2) is 0 Å². The zero-order valence-corrected chi connectivity index (χ0v) is 17.5. The highest BCUT2D eigenvalue weighted by molar-refractivity contribution is 6.16. The minimum Gasteiger partial charge on any atom is -0.496 e. The van der Waals surface area contributed by atoms with Crippen molar-refractivity contribution >= 4 is 17.6 Å². The van der Waals surface area contributed by atoms with Crippen molar-refractivity contribution in [1.29, 1.82) is 0 Å². The first-order valence-electron chi connectivity index (χ1n) is 10.4. The van der Waals surface area contributed by atoms with E-state index in [1.54, 1.807) is 12.0 Å². The van der Waals surface area contributed by atoms with Crippen LogP contribution in [0.4, 0.5) is 5.69 Å². The van der Waals surface area contributed by atoms with E-state index in [-0.39, 0.29) is 5.91 Å². The Morgan fingerprint density at radius 1 is 0.871 bits per heavy atom. The molecule has 0 unspecified atom stereocenters. The topological polar surface area (TPSA) is 55.8 Å². The smallest absolute Gasteiger partial charge is 0.323 e. The van der Waals surface area contributed by atoms with Crippen LogP contribution in [0.2, 0.25) is 0 Å². The maximum absolute atomic E-state index is 14.1. The average Bonchev–Trinajstić information content (AvgIpc) is 3.05. The molecule has 1 fully saturated rings. The van der Waals surface area contributed by atoms with Crippen LogP contribution in [0.15, 0.2) is 78.9 Å². The summed E-state index contributed by atoms with van der Waals surface area (Å²) in [5.41, 5.74) is 0.630. The largest absolute Gasteiger partial charge is 0.496 e. The number of amides is 1. The molecule has 0 aliphatic carbocycles. The first kappa shape index (κ1) is 19.4. The van der Waals surface area contributed by atoms with E-state index in [2.05, 4.69) is 0 Å². The second-order valence-corrected chi connectivity index (χ2v) is 7.92. The molecule has 1 amide bonds. The van der Waals surface area contributed by atoms with Crippen LogP contribution < -0.4 is 9.64 Å². The van der Waals surface area contributed by atoms with Gasteiger partial charge in [-0.1, -0.05) is 73.7 Å². The molecule has 156 valence electrons. The average molecular weight is 413 g/mol. The number of carbonyl (C=O) groups excluding carboxylic acids is 2. The molecule has 1 saturated heterocycles. The molecule has 3 aromatic carbocycles. The third-order valence-corrected chi connectivity index (χ3v) is 6.60. The third kappa shape index (κ3) is 2.37. The molecule has 5 rings (SSSR count). The van der Waals surface area contributed by atoms with Gasteiger partial charge in [-0.3, -0.25) is 9.59 Å². The van der Waals surface area contributed by atoms with Crippen LogP contribution in [0.5, 0.6) is 5.75 Å². The summed E-state index contributed by atoms with van der Waals surface area (Å²) in [7, 11) is 1.57. The van der Waals surface area contributed by atoms with E-state index in [1.165, 1.54) is 0 Å². The Balaban J connectivity index is 1.71. The minimum absolute atomic E-state index is 0.218. The fourth-order valence-electron chi connectivity index (χ4n) is 5.15. The van der Waals surface area contributed by atoms with Crippen molar-refractivity contribution in [2.24, 2.45) is 0 Å². The molecule has 2 atom stereocenters. The van der Waals surface area contributed by atoms with Gasteiger partial charge in [0.2, 0.25) is 5.60 Å². The summed E-state index contributed by atoms with van der Waals surface area (Å²) < 4.78 is 11.5. The molecule has 5 heteroatoms. The lowest BCUT2D eigenvalue weighted by Gasteiger charge is -2.53. The van der Waals surface area contributed by atoms with E-state index in [0.717, 1.165) is 16.8 Å². The van der Waals surface area contributed by atoms with Crippen molar-refractivity contribution in [2.45, 2.75) is 30.9 Å². The van der Waals surface area contributed by atoms with Gasteiger partial charge in [-0.05, 0) is 24.1 Å². The fraction of sp³-hybridized carbons (Fsp3) is 0.231. The lowest BCUT2D eigenvalue weighted by molar-refractivity contribution is -0.223. The van der Waals surface area contributed by atoms with Crippen molar-refractivity contribution < 1.29 is 19.1 Å². The highest BCUT2D eigenvalue weighted by Crippen LogP contribution is 2.63. The maximum Gasteiger partial charge on any atom is 0.323 e. The molecule has 5 nitrogen and oxygen atoms in total. The fourth-order valence-corrected chi connectivity index (χ4v) is 5.15. The summed E-state index contributed by atoms with van der Waals surface area (Å²) in [6, 6.07) is 24.8. The zero-order chi connectivity index (χ0) is 21.6. The summed E-state index contributed by atoms with van der Waals surface area (Å²) in [6.07, 6.45) is 0.408. The van der Waals surface area contributed by atoms with Crippen LogP contribution in [-0.4, -0.2) is 19.0 Å². The Morgan fingerprint density at radius 2 is 1.52 bits per heavy atom. The van der Waals surface area contributed by atoms with Gasteiger partial charge < -0.3 is 14.4 Å². The molecule has 0 aromatic heterocycles. The number of esters is 1. The number of carbonyl (C=O) groups is 2. The van der Waals surface area contributed by atoms with Crippen LogP contribution >= 0.6 is 0 Å². The summed E-state index contributed by atoms with van der Waals surface area (Å²) in [4.78, 5) is 29.0. The van der Waals surface area contributed by atoms with E-state index in [0.29, 0.717) is 24.3 Å². The summed E-state index contributed by atoms with van der Waals surface area (Å²) in [6.45, 7) is 2.33. The number of benzene rings is 3. The van der Waals surface area contributed by atoms with Crippen molar-refractivity contribution in [3.63, 3.8) is 0 Å². The minimum atomic E-state index is -1.40. The number of nitrogens with zero attached hydrogens (tertiary/aromatic N) is 1. The Kier molecular flexibility index (Phi) is 4.36. The van der Waals surface area contributed by atoms with Crippen LogP contribution in [0, 0.1) is 0 Å². The first-order chi connectivity index (χ1) is 15.1. The lowest BCUT2D eigenvalue weighted by atomic mass is 9.58. The molecule has 2 aliphatic heterocycles. The number of ether oxygens (including phenoxy) is 2. The van der Waals surface area contributed by atoms with E-state index in [9.17, 15) is 9.59 Å². The van der Waals surface area contributed by atoms with Crippen LogP contribution in [-0.2, 0) is 31.9 Å². The Morgan fingerprint density at radius 3 is 2.19 bits per heavy atom. The van der Waals surface area contributed by atoms with E-state index < -0.39 is 17.0 Å². The SMILES string of the molecule is CC[C@@]1(c2ccccc2OC)C(=O)O[C@]12C(=O)N(Cc1ccccc1)c1ccccc12. The summed E-state index contributed by atoms with van der Waals surface area (Å²) in [5, 5.41) is 0. The molecule has 1 spiro atoms. The predicted molar refractivity (Wildman–Crippen MR) is 117 cm³/mol. The van der Waals surface area contributed by atoms with E-state index >= 15 is 0 Å². The molecule has 2 aliphatic rings. The monoisotopic (exact) mass is 413 g/mol. The summed E-state index contributed by atoms with van der Waals surface area (Å²) in [5.74, 6) is -0.0405. The molecule has 0 N–H and O–H groups in total. The third-order valence-electron chi connectivity index (χ3n) is 6.60. The number of fused-ring (bicyclic) bond motifs is 2. The predicted octanol–water partition coefficient (Wildman–Crippen LogP) is 4.34. The molecular formula is C26H23NO4. The number of para-hydroxylation sites is 2. The van der Waals surface area contributed by atoms with Gasteiger partial charge in [-0.2, -0.15) is 0 Å². The molecular weight excluding hydrogens is 390 g/mol. The van der Waals surface area contributed by atoms with Gasteiger partial charge in [0.15, 0.2) is 0 Å². The van der Waals surface area contributed by atoms with Gasteiger partial charge in [0.25, 0.3) is 5.91 Å². The molecule has 0 radical (unpaired) electrons. The second-order valence-electron chi connectivity index (χ2n) is 7.92. The van der Waals surface area contributed by atoms with Gasteiger partial charge in [0.1, 0.15) is 11.2 Å². The van der Waals surface area contributed by atoms with Crippen LogP contribution in [0.25, 0.3) is 0 Å². The molecule has 31 heavy (non-hydrogen) atoms. The van der Waals surface area contributed by atoms with Crippen molar-refractivity contribution in [3.8, 4) is 5.75 Å². The van der Waals surface area contributed by atoms with Gasteiger partial charge in [0, 0.05) is 11.1 Å². The Bertz CT molecular complexity index is 1170. The molecule has 0 bridgehead atoms. The molecule has 0 saturated carbocycles. The highest BCUT2D eigenvalue weighted by Gasteiger charge is 2.78. The number of anilines is 1. The molecule has 3 aromatic rings. The lowest BCUT2D eigenvalue weighted by Crippen LogP contribution is -2.71. The van der Waals surface area contributed by atoms with Gasteiger partial charge in [0.05, 0.1) is 19.3 Å². The van der Waals surface area contributed by atoms with E-state index in [4.69, 9.17) is 9.47 Å². The van der Waals surface area contributed by atoms with Gasteiger partial charge >= 0.3 is 5.97 Å². The quantitative estimate of drug-likeness (QED) is 0.584. The number of methoxy groups -OCH3 is 1. The van der Waals surface area contributed by atoms with Crippen LogP contribution in [0.3, 0.4) is 0 Å².